The summed E-state index contributed by atoms with van der Waals surface area (Å²) in [5.41, 5.74) is 2.56. The molecule has 1 saturated heterocycles. The van der Waals surface area contributed by atoms with E-state index >= 15 is 0 Å². The van der Waals surface area contributed by atoms with Crippen molar-refractivity contribution in [2.45, 2.75) is 4.90 Å². The molecule has 1 amide bonds. The Balaban J connectivity index is 1.35. The molecule has 0 aliphatic carbocycles. The van der Waals surface area contributed by atoms with E-state index in [9.17, 15) is 17.6 Å². The summed E-state index contributed by atoms with van der Waals surface area (Å²) in [7, 11) is -3.79. The molecule has 172 valence electrons. The number of carbonyl (C=O) groups excluding carboxylic acids is 1. The number of nitriles is 1. The number of pyridine rings is 1. The van der Waals surface area contributed by atoms with Crippen molar-refractivity contribution in [3.63, 3.8) is 0 Å². The lowest BCUT2D eigenvalue weighted by molar-refractivity contribution is -0.125. The van der Waals surface area contributed by atoms with Gasteiger partial charge in [0.2, 0.25) is 15.9 Å². The summed E-state index contributed by atoms with van der Waals surface area (Å²) in [6.07, 6.45) is 3.21. The molecule has 5 rings (SSSR count). The molecule has 10 heteroatoms. The first-order chi connectivity index (χ1) is 16.4. The molecule has 2 aliphatic heterocycles. The van der Waals surface area contributed by atoms with Gasteiger partial charge in [-0.05, 0) is 42.0 Å². The molecule has 2 aliphatic rings. The van der Waals surface area contributed by atoms with Gasteiger partial charge >= 0.3 is 0 Å². The number of ether oxygens (including phenoxy) is 1. The van der Waals surface area contributed by atoms with E-state index in [4.69, 9.17) is 10.00 Å². The van der Waals surface area contributed by atoms with Crippen molar-refractivity contribution in [2.24, 2.45) is 5.92 Å². The summed E-state index contributed by atoms with van der Waals surface area (Å²) in [6.45, 7) is 0.712. The number of hydrogen-bond donors (Lipinski definition) is 0. The first-order valence-electron chi connectivity index (χ1n) is 10.6. The molecule has 1 aromatic heterocycles. The van der Waals surface area contributed by atoms with Crippen LogP contribution in [-0.4, -0.2) is 49.9 Å². The number of amides is 1. The highest BCUT2D eigenvalue weighted by Gasteiger charge is 2.43. The molecular formula is C24H19FN4O4S. The lowest BCUT2D eigenvalue weighted by atomic mass is 10.00. The lowest BCUT2D eigenvalue weighted by Crippen LogP contribution is -2.57. The minimum absolute atomic E-state index is 0.00669. The van der Waals surface area contributed by atoms with Gasteiger partial charge in [0, 0.05) is 24.8 Å². The summed E-state index contributed by atoms with van der Waals surface area (Å²) in [6, 6.07) is 13.7. The topological polar surface area (TPSA) is 104 Å². The first-order valence-corrected chi connectivity index (χ1v) is 12.0. The maximum absolute atomic E-state index is 13.3. The van der Waals surface area contributed by atoms with Crippen LogP contribution in [0.5, 0.6) is 5.75 Å². The minimum Gasteiger partial charge on any atom is -0.489 e. The standard InChI is InChI=1S/C24H19FN4O4S/c25-19-5-7-20(8-6-19)34(31,32)28-14-18(15-28)24(30)29-9-10-33-23-21(12-27-13-22(23)29)17-3-1-16(11-26)2-4-17/h1-8,12-13,18H,9-10,14-15H2. The third-order valence-corrected chi connectivity index (χ3v) is 7.82. The second kappa shape index (κ2) is 8.52. The van der Waals surface area contributed by atoms with E-state index < -0.39 is 21.8 Å². The Labute approximate surface area is 195 Å². The van der Waals surface area contributed by atoms with Gasteiger partial charge in [0.15, 0.2) is 5.75 Å². The summed E-state index contributed by atoms with van der Waals surface area (Å²) >= 11 is 0. The molecule has 0 saturated carbocycles. The number of hydrogen-bond acceptors (Lipinski definition) is 6. The van der Waals surface area contributed by atoms with Crippen LogP contribution in [0.4, 0.5) is 10.1 Å². The monoisotopic (exact) mass is 478 g/mol. The Morgan fingerprint density at radius 3 is 2.47 bits per heavy atom. The van der Waals surface area contributed by atoms with Crippen molar-refractivity contribution >= 4 is 21.6 Å². The number of anilines is 1. The molecular weight excluding hydrogens is 459 g/mol. The summed E-state index contributed by atoms with van der Waals surface area (Å²) in [5.74, 6) is -0.696. The molecule has 2 aromatic carbocycles. The fraction of sp³-hybridized carbons (Fsp3) is 0.208. The highest BCUT2D eigenvalue weighted by Crippen LogP contribution is 2.41. The quantitative estimate of drug-likeness (QED) is 0.571. The smallest absolute Gasteiger partial charge is 0.243 e. The van der Waals surface area contributed by atoms with Crippen molar-refractivity contribution in [1.82, 2.24) is 9.29 Å². The number of rotatable bonds is 4. The largest absolute Gasteiger partial charge is 0.489 e. The number of benzene rings is 2. The van der Waals surface area contributed by atoms with Gasteiger partial charge in [-0.1, -0.05) is 12.1 Å². The van der Waals surface area contributed by atoms with Gasteiger partial charge < -0.3 is 9.64 Å². The lowest BCUT2D eigenvalue weighted by Gasteiger charge is -2.40. The van der Waals surface area contributed by atoms with Crippen LogP contribution < -0.4 is 9.64 Å². The van der Waals surface area contributed by atoms with Crippen molar-refractivity contribution in [3.8, 4) is 22.9 Å². The molecule has 8 nitrogen and oxygen atoms in total. The third kappa shape index (κ3) is 3.79. The zero-order valence-electron chi connectivity index (χ0n) is 17.9. The highest BCUT2D eigenvalue weighted by molar-refractivity contribution is 7.89. The van der Waals surface area contributed by atoms with Crippen LogP contribution in [0.1, 0.15) is 5.56 Å². The second-order valence-electron chi connectivity index (χ2n) is 8.04. The SMILES string of the molecule is N#Cc1ccc(-c2cncc3c2OCCN3C(=O)C2CN(S(=O)(=O)c3ccc(F)cc3)C2)cc1. The van der Waals surface area contributed by atoms with Crippen molar-refractivity contribution in [1.29, 1.82) is 5.26 Å². The first kappa shape index (κ1) is 22.0. The van der Waals surface area contributed by atoms with E-state index in [0.29, 0.717) is 29.1 Å². The number of halogens is 1. The molecule has 0 N–H and O–H groups in total. The van der Waals surface area contributed by atoms with E-state index in [2.05, 4.69) is 11.1 Å². The van der Waals surface area contributed by atoms with Gasteiger partial charge in [0.1, 0.15) is 18.1 Å². The van der Waals surface area contributed by atoms with E-state index in [1.54, 1.807) is 41.6 Å². The van der Waals surface area contributed by atoms with Crippen molar-refractivity contribution in [3.05, 3.63) is 72.3 Å². The average molecular weight is 479 g/mol. The Morgan fingerprint density at radius 2 is 1.79 bits per heavy atom. The number of carbonyl (C=O) groups is 1. The van der Waals surface area contributed by atoms with E-state index in [-0.39, 0.29) is 30.5 Å². The number of nitrogens with zero attached hydrogens (tertiary/aromatic N) is 4. The van der Waals surface area contributed by atoms with Crippen LogP contribution in [0.2, 0.25) is 0 Å². The van der Waals surface area contributed by atoms with Crippen LogP contribution >= 0.6 is 0 Å². The number of fused-ring (bicyclic) bond motifs is 1. The van der Waals surface area contributed by atoms with E-state index in [1.165, 1.54) is 16.4 Å². The molecule has 0 bridgehead atoms. The van der Waals surface area contributed by atoms with Gasteiger partial charge in [0.25, 0.3) is 0 Å². The summed E-state index contributed by atoms with van der Waals surface area (Å²) in [4.78, 5) is 19.1. The maximum atomic E-state index is 13.3. The molecule has 3 aromatic rings. The van der Waals surface area contributed by atoms with Gasteiger partial charge in [-0.2, -0.15) is 9.57 Å². The van der Waals surface area contributed by atoms with Crippen LogP contribution in [0, 0.1) is 23.1 Å². The zero-order chi connectivity index (χ0) is 23.9. The molecule has 1 fully saturated rings. The molecule has 3 heterocycles. The predicted octanol–water partition coefficient (Wildman–Crippen LogP) is 2.81. The second-order valence-corrected chi connectivity index (χ2v) is 9.97. The normalized spacial score (nSPS) is 16.2. The van der Waals surface area contributed by atoms with E-state index in [0.717, 1.165) is 17.7 Å². The van der Waals surface area contributed by atoms with Crippen LogP contribution in [0.25, 0.3) is 11.1 Å². The Morgan fingerprint density at radius 1 is 1.09 bits per heavy atom. The van der Waals surface area contributed by atoms with Gasteiger partial charge in [-0.25, -0.2) is 12.8 Å². The molecule has 0 unspecified atom stereocenters. The van der Waals surface area contributed by atoms with Gasteiger partial charge in [-0.3, -0.25) is 9.78 Å². The Bertz CT molecular complexity index is 1400. The van der Waals surface area contributed by atoms with Crippen LogP contribution in [0.3, 0.4) is 0 Å². The summed E-state index contributed by atoms with van der Waals surface area (Å²) < 4.78 is 45.7. The van der Waals surface area contributed by atoms with Crippen LogP contribution in [-0.2, 0) is 14.8 Å². The number of aromatic nitrogens is 1. The zero-order valence-corrected chi connectivity index (χ0v) is 18.7. The predicted molar refractivity (Wildman–Crippen MR) is 121 cm³/mol. The fourth-order valence-corrected chi connectivity index (χ4v) is 5.60. The van der Waals surface area contributed by atoms with Crippen molar-refractivity contribution < 1.29 is 22.3 Å². The molecule has 34 heavy (non-hydrogen) atoms. The third-order valence-electron chi connectivity index (χ3n) is 5.97. The Hall–Kier alpha value is -3.81. The Kier molecular flexibility index (Phi) is 5.51. The average Bonchev–Trinajstić information content (AvgIpc) is 2.82. The van der Waals surface area contributed by atoms with Gasteiger partial charge in [0.05, 0.1) is 35.2 Å². The number of sulfonamides is 1. The van der Waals surface area contributed by atoms with Crippen molar-refractivity contribution in [2.75, 3.05) is 31.1 Å². The maximum Gasteiger partial charge on any atom is 0.243 e. The van der Waals surface area contributed by atoms with E-state index in [1.807, 2.05) is 0 Å². The minimum atomic E-state index is -3.79. The fourth-order valence-electron chi connectivity index (χ4n) is 4.07. The molecule has 0 atom stereocenters. The summed E-state index contributed by atoms with van der Waals surface area (Å²) in [5, 5.41) is 9.03. The van der Waals surface area contributed by atoms with Gasteiger partial charge in [-0.15, -0.1) is 0 Å². The van der Waals surface area contributed by atoms with Crippen LogP contribution in [0.15, 0.2) is 65.8 Å². The molecule has 0 spiro atoms. The molecule has 0 radical (unpaired) electrons. The highest BCUT2D eigenvalue weighted by atomic mass is 32.2.